The van der Waals surface area contributed by atoms with Crippen molar-refractivity contribution in [2.45, 2.75) is 135 Å². The van der Waals surface area contributed by atoms with Crippen molar-refractivity contribution in [1.29, 1.82) is 0 Å². The Morgan fingerprint density at radius 3 is 1.57 bits per heavy atom. The number of benzene rings is 4. The van der Waals surface area contributed by atoms with Crippen LogP contribution < -0.4 is 20.7 Å². The molecule has 8 nitrogen and oxygen atoms in total. The summed E-state index contributed by atoms with van der Waals surface area (Å²) in [6.45, 7) is 20.0. The monoisotopic (exact) mass is 892 g/mol. The molecule has 340 valence electrons. The molecule has 4 aromatic carbocycles. The molecule has 0 amide bonds. The van der Waals surface area contributed by atoms with Crippen LogP contribution in [-0.4, -0.2) is 84.8 Å². The lowest BCUT2D eigenvalue weighted by Crippen LogP contribution is -2.67. The van der Waals surface area contributed by atoms with Gasteiger partial charge in [0, 0.05) is 33.5 Å². The predicted octanol–water partition coefficient (Wildman–Crippen LogP) is 8.48. The summed E-state index contributed by atoms with van der Waals surface area (Å²) in [5.41, 5.74) is 0.407. The van der Waals surface area contributed by atoms with Crippen LogP contribution in [0.4, 0.5) is 0 Å². The van der Waals surface area contributed by atoms with Gasteiger partial charge in [0.25, 0.3) is 16.6 Å². The Labute approximate surface area is 379 Å². The summed E-state index contributed by atoms with van der Waals surface area (Å²) < 4.78 is 41.0. The highest BCUT2D eigenvalue weighted by Crippen LogP contribution is 2.51. The summed E-state index contributed by atoms with van der Waals surface area (Å²) >= 11 is 0. The van der Waals surface area contributed by atoms with Crippen molar-refractivity contribution in [2.75, 3.05) is 26.9 Å². The van der Waals surface area contributed by atoms with Crippen molar-refractivity contribution >= 4 is 43.4 Å². The molecule has 10 heteroatoms. The van der Waals surface area contributed by atoms with Crippen LogP contribution in [0.5, 0.6) is 0 Å². The molecule has 2 fully saturated rings. The lowest BCUT2D eigenvalue weighted by atomic mass is 9.70. The SMILES string of the molecule is CO[C@@]1(C[C@@H]2C/C(=C/CO[Si](c3ccccc3)(c3ccccc3)C(C)(C)C)CC(CO)O2)O[C@H](CCO[Si](c2ccccc2)(c2ccccc2)C(C)(C)C)C[C@H](OC(C)=O)C1(C)C. The van der Waals surface area contributed by atoms with E-state index in [4.69, 9.17) is 27.8 Å². The van der Waals surface area contributed by atoms with Crippen LogP contribution in [0.3, 0.4) is 0 Å². The fourth-order valence-electron chi connectivity index (χ4n) is 10.4. The van der Waals surface area contributed by atoms with Crippen molar-refractivity contribution in [1.82, 2.24) is 0 Å². The molecule has 1 N–H and O–H groups in total. The lowest BCUT2D eigenvalue weighted by Gasteiger charge is -2.55. The standard InChI is InChI=1S/C53H72O8Si2/c1-40(55)59-49-37-42(32-34-58-63(51(5,6)7,47-27-19-13-20-28-47)48-29-21-14-22-30-48)61-53(56-10,52(49,8)9)38-43-35-41(36-44(39-54)60-43)31-33-57-62(50(2,3)4,45-23-15-11-16-24-45)46-25-17-12-18-26-46/h11-31,42-44,49,54H,32-39H2,1-10H3/b41-31-/t42-,43+,44?,49+,53+/m1/s1. The number of hydrogen-bond donors (Lipinski definition) is 1. The highest BCUT2D eigenvalue weighted by Gasteiger charge is 2.59. The van der Waals surface area contributed by atoms with Gasteiger partial charge in [-0.15, -0.1) is 0 Å². The molecule has 2 heterocycles. The number of methoxy groups -OCH3 is 1. The zero-order chi connectivity index (χ0) is 45.5. The average molecular weight is 893 g/mol. The third kappa shape index (κ3) is 10.2. The van der Waals surface area contributed by atoms with Crippen LogP contribution in [0.1, 0.15) is 94.4 Å². The van der Waals surface area contributed by atoms with Gasteiger partial charge in [-0.3, -0.25) is 4.79 Å². The molecule has 63 heavy (non-hydrogen) atoms. The molecule has 0 aliphatic carbocycles. The Balaban J connectivity index is 1.26. The lowest BCUT2D eigenvalue weighted by molar-refractivity contribution is -0.357. The second kappa shape index (κ2) is 20.2. The Kier molecular flexibility index (Phi) is 15.6. The predicted molar refractivity (Wildman–Crippen MR) is 258 cm³/mol. The smallest absolute Gasteiger partial charge is 0.302 e. The van der Waals surface area contributed by atoms with Crippen molar-refractivity contribution in [3.8, 4) is 0 Å². The molecule has 0 radical (unpaired) electrons. The minimum Gasteiger partial charge on any atom is -0.462 e. The number of esters is 1. The number of hydrogen-bond acceptors (Lipinski definition) is 8. The number of rotatable bonds is 16. The first-order valence-electron chi connectivity index (χ1n) is 22.8. The van der Waals surface area contributed by atoms with Crippen molar-refractivity contribution in [2.24, 2.45) is 5.41 Å². The quantitative estimate of drug-likeness (QED) is 0.0681. The largest absolute Gasteiger partial charge is 0.462 e. The third-order valence-electron chi connectivity index (χ3n) is 13.6. The number of ether oxygens (including phenoxy) is 4. The fourth-order valence-corrected chi connectivity index (χ4v) is 19.5. The summed E-state index contributed by atoms with van der Waals surface area (Å²) in [4.78, 5) is 12.7. The summed E-state index contributed by atoms with van der Waals surface area (Å²) in [5, 5.41) is 15.1. The molecular weight excluding hydrogens is 821 g/mol. The third-order valence-corrected chi connectivity index (χ3v) is 23.6. The van der Waals surface area contributed by atoms with E-state index in [0.29, 0.717) is 45.3 Å². The molecular formula is C53H72O8Si2. The van der Waals surface area contributed by atoms with E-state index in [-0.39, 0.29) is 34.9 Å². The van der Waals surface area contributed by atoms with Gasteiger partial charge >= 0.3 is 5.97 Å². The summed E-state index contributed by atoms with van der Waals surface area (Å²) in [6, 6.07) is 42.6. The minimum atomic E-state index is -2.81. The summed E-state index contributed by atoms with van der Waals surface area (Å²) in [7, 11) is -3.90. The van der Waals surface area contributed by atoms with Crippen molar-refractivity contribution in [3.63, 3.8) is 0 Å². The second-order valence-corrected chi connectivity index (χ2v) is 28.7. The molecule has 2 aliphatic rings. The Hall–Kier alpha value is -3.72. The van der Waals surface area contributed by atoms with Crippen molar-refractivity contribution < 1.29 is 37.7 Å². The number of carbonyl (C=O) groups excluding carboxylic acids is 1. The van der Waals surface area contributed by atoms with Crippen LogP contribution in [0.2, 0.25) is 10.1 Å². The van der Waals surface area contributed by atoms with E-state index in [1.165, 1.54) is 27.7 Å². The van der Waals surface area contributed by atoms with E-state index in [9.17, 15) is 9.90 Å². The molecule has 5 atom stereocenters. The molecule has 4 aromatic rings. The van der Waals surface area contributed by atoms with Gasteiger partial charge in [0.1, 0.15) is 6.10 Å². The van der Waals surface area contributed by atoms with Crippen LogP contribution in [0.25, 0.3) is 0 Å². The maximum atomic E-state index is 12.7. The Bertz CT molecular complexity index is 2000. The first-order chi connectivity index (χ1) is 29.9. The molecule has 0 aromatic heterocycles. The normalized spacial score (nSPS) is 24.0. The number of aliphatic hydroxyl groups excluding tert-OH is 1. The summed E-state index contributed by atoms with van der Waals surface area (Å²) in [5.74, 6) is -1.53. The van der Waals surface area contributed by atoms with E-state index in [0.717, 1.165) is 5.57 Å². The molecule has 0 spiro atoms. The summed E-state index contributed by atoms with van der Waals surface area (Å²) in [6.07, 6.45) is 3.27. The highest BCUT2D eigenvalue weighted by molar-refractivity contribution is 7.00. The van der Waals surface area contributed by atoms with E-state index in [1.54, 1.807) is 7.11 Å². The zero-order valence-corrected chi connectivity index (χ0v) is 41.4. The molecule has 1 unspecified atom stereocenters. The minimum absolute atomic E-state index is 0.119. The molecule has 0 bridgehead atoms. The van der Waals surface area contributed by atoms with E-state index in [1.807, 2.05) is 0 Å². The van der Waals surface area contributed by atoms with Crippen LogP contribution in [-0.2, 0) is 32.6 Å². The number of carbonyl (C=O) groups is 1. The van der Waals surface area contributed by atoms with E-state index < -0.39 is 40.0 Å². The first kappa shape index (κ1) is 48.7. The Morgan fingerprint density at radius 2 is 1.16 bits per heavy atom. The topological polar surface area (TPSA) is 92.7 Å². The van der Waals surface area contributed by atoms with Gasteiger partial charge in [0.05, 0.1) is 36.9 Å². The second-order valence-electron chi connectivity index (χ2n) is 20.1. The molecule has 2 aliphatic heterocycles. The van der Waals surface area contributed by atoms with Crippen LogP contribution >= 0.6 is 0 Å². The maximum absolute atomic E-state index is 12.7. The fraction of sp³-hybridized carbons (Fsp3) is 0.491. The van der Waals surface area contributed by atoms with Gasteiger partial charge < -0.3 is 32.9 Å². The zero-order valence-electron chi connectivity index (χ0n) is 39.4. The van der Waals surface area contributed by atoms with E-state index in [2.05, 4.69) is 183 Å². The molecule has 0 saturated carbocycles. The van der Waals surface area contributed by atoms with Crippen LogP contribution in [0, 0.1) is 5.41 Å². The first-order valence-corrected chi connectivity index (χ1v) is 26.6. The van der Waals surface area contributed by atoms with Gasteiger partial charge in [0.15, 0.2) is 5.79 Å². The average Bonchev–Trinajstić information content (AvgIpc) is 3.25. The highest BCUT2D eigenvalue weighted by atomic mass is 28.4. The molecule has 2 saturated heterocycles. The van der Waals surface area contributed by atoms with E-state index >= 15 is 0 Å². The van der Waals surface area contributed by atoms with Crippen molar-refractivity contribution in [3.05, 3.63) is 133 Å². The molecule has 6 rings (SSSR count). The number of aliphatic hydroxyl groups is 1. The van der Waals surface area contributed by atoms with Gasteiger partial charge in [-0.2, -0.15) is 0 Å². The van der Waals surface area contributed by atoms with Gasteiger partial charge in [-0.1, -0.05) is 188 Å². The van der Waals surface area contributed by atoms with Crippen LogP contribution in [0.15, 0.2) is 133 Å². The maximum Gasteiger partial charge on any atom is 0.302 e. The van der Waals surface area contributed by atoms with Gasteiger partial charge in [-0.25, -0.2) is 0 Å². The van der Waals surface area contributed by atoms with Gasteiger partial charge in [-0.05, 0) is 50.1 Å². The Morgan fingerprint density at radius 1 is 0.714 bits per heavy atom. The van der Waals surface area contributed by atoms with Gasteiger partial charge in [0.2, 0.25) is 0 Å².